The molecule has 0 aromatic heterocycles. The first kappa shape index (κ1) is 68.4. The van der Waals surface area contributed by atoms with Crippen molar-refractivity contribution in [2.45, 2.75) is 301 Å². The van der Waals surface area contributed by atoms with Gasteiger partial charge in [0.15, 0.2) is 6.29 Å². The zero-order valence-electron chi connectivity index (χ0n) is 46.9. The van der Waals surface area contributed by atoms with E-state index in [0.29, 0.717) is 6.42 Å². The van der Waals surface area contributed by atoms with E-state index in [-0.39, 0.29) is 12.5 Å². The Kier molecular flexibility index (Phi) is 49.5. The molecular formula is C64H113NO8. The smallest absolute Gasteiger partial charge is 0.220 e. The number of carbonyl (C=O) groups is 1. The topological polar surface area (TPSA) is 149 Å². The Hall–Kier alpha value is -2.63. The number of allylic oxidation sites excluding steroid dienone is 13. The van der Waals surface area contributed by atoms with Gasteiger partial charge in [-0.15, -0.1) is 0 Å². The summed E-state index contributed by atoms with van der Waals surface area (Å²) in [4.78, 5) is 13.1. The molecule has 1 saturated heterocycles. The molecule has 7 atom stereocenters. The van der Waals surface area contributed by atoms with Gasteiger partial charge in [0.25, 0.3) is 0 Å². The molecule has 73 heavy (non-hydrogen) atoms. The fraction of sp³-hybridized carbons (Fsp3) is 0.766. The van der Waals surface area contributed by atoms with Gasteiger partial charge in [0.2, 0.25) is 5.91 Å². The number of rotatable bonds is 51. The van der Waals surface area contributed by atoms with Crippen LogP contribution in [0.1, 0.15) is 258 Å². The Morgan fingerprint density at radius 3 is 1.32 bits per heavy atom. The fourth-order valence-corrected chi connectivity index (χ4v) is 9.18. The molecule has 0 bridgehead atoms. The van der Waals surface area contributed by atoms with E-state index in [0.717, 1.165) is 83.5 Å². The lowest BCUT2D eigenvalue weighted by Crippen LogP contribution is -2.60. The predicted octanol–water partition coefficient (Wildman–Crippen LogP) is 15.4. The SMILES string of the molecule is CC/C=C\C/C=C\C/C=C\C/C=C\CCCCCCCCCCC(=O)NC(COC1OC(CO)C(O)C(O)C1O)C(O)/C=C/CC/C=C/CC/C=C/CCCCCCCCCCCCCCCCCCCCC. The van der Waals surface area contributed by atoms with E-state index in [4.69, 9.17) is 9.47 Å². The lowest BCUT2D eigenvalue weighted by molar-refractivity contribution is -0.302. The Bertz CT molecular complexity index is 1420. The van der Waals surface area contributed by atoms with Crippen LogP contribution in [0.5, 0.6) is 0 Å². The van der Waals surface area contributed by atoms with Crippen LogP contribution in [0.15, 0.2) is 85.1 Å². The van der Waals surface area contributed by atoms with Gasteiger partial charge in [-0.25, -0.2) is 0 Å². The molecule has 7 unspecified atom stereocenters. The number of carbonyl (C=O) groups excluding carboxylic acids is 1. The second kappa shape index (κ2) is 52.8. The maximum atomic E-state index is 13.1. The molecule has 0 aromatic carbocycles. The maximum absolute atomic E-state index is 13.1. The second-order valence-electron chi connectivity index (χ2n) is 20.7. The van der Waals surface area contributed by atoms with Gasteiger partial charge in [0, 0.05) is 6.42 Å². The van der Waals surface area contributed by atoms with Crippen LogP contribution >= 0.6 is 0 Å². The van der Waals surface area contributed by atoms with Crippen molar-refractivity contribution in [3.63, 3.8) is 0 Å². The number of aliphatic hydroxyl groups is 5. The average Bonchev–Trinajstić information content (AvgIpc) is 3.39. The average molecular weight is 1020 g/mol. The fourth-order valence-electron chi connectivity index (χ4n) is 9.18. The number of aliphatic hydroxyl groups excluding tert-OH is 5. The molecule has 1 aliphatic rings. The van der Waals surface area contributed by atoms with E-state index >= 15 is 0 Å². The summed E-state index contributed by atoms with van der Waals surface area (Å²) < 4.78 is 11.3. The third-order valence-corrected chi connectivity index (χ3v) is 13.9. The largest absolute Gasteiger partial charge is 0.394 e. The Balaban J connectivity index is 2.25. The van der Waals surface area contributed by atoms with E-state index < -0.39 is 49.5 Å². The van der Waals surface area contributed by atoms with Crippen molar-refractivity contribution in [2.75, 3.05) is 13.2 Å². The highest BCUT2D eigenvalue weighted by Gasteiger charge is 2.44. The van der Waals surface area contributed by atoms with Crippen LogP contribution in [-0.4, -0.2) is 87.5 Å². The van der Waals surface area contributed by atoms with Crippen molar-refractivity contribution in [1.82, 2.24) is 5.32 Å². The van der Waals surface area contributed by atoms with Crippen LogP contribution in [0.2, 0.25) is 0 Å². The minimum Gasteiger partial charge on any atom is -0.394 e. The molecule has 422 valence electrons. The summed E-state index contributed by atoms with van der Waals surface area (Å²) in [5.74, 6) is -0.201. The Morgan fingerprint density at radius 2 is 0.863 bits per heavy atom. The molecule has 1 amide bonds. The number of nitrogens with one attached hydrogen (secondary N) is 1. The first-order valence-electron chi connectivity index (χ1n) is 30.3. The number of amides is 1. The van der Waals surface area contributed by atoms with Gasteiger partial charge in [-0.2, -0.15) is 0 Å². The standard InChI is InChI=1S/C64H113NO8/c1-3-5-7-9-11-13-15-17-19-21-23-25-26-27-28-29-30-31-32-34-35-37-39-41-43-45-47-49-51-53-58(67)57(56-72-64-63(71)62(70)61(69)59(55-66)73-64)65-60(68)54-52-50-48-46-44-42-40-38-36-33-24-22-20-18-16-14-12-10-8-6-4-2/h6,8,12,14,18,20,24,33,35,37,43,45,51,53,57-59,61-64,66-67,69-71H,3-5,7,9-11,13,15-17,19,21-23,25-32,34,36,38-42,44,46-50,52,54-56H2,1-2H3,(H,65,68)/b8-6-,14-12-,20-18-,33-24-,37-35+,45-43+,53-51+. The van der Waals surface area contributed by atoms with E-state index in [1.54, 1.807) is 6.08 Å². The summed E-state index contributed by atoms with van der Waals surface area (Å²) in [6, 6.07) is -0.839. The van der Waals surface area contributed by atoms with Crippen molar-refractivity contribution < 1.29 is 39.8 Å². The van der Waals surface area contributed by atoms with Gasteiger partial charge < -0.3 is 40.3 Å². The zero-order valence-corrected chi connectivity index (χ0v) is 46.9. The number of unbranched alkanes of at least 4 members (excludes halogenated alkanes) is 29. The highest BCUT2D eigenvalue weighted by Crippen LogP contribution is 2.23. The lowest BCUT2D eigenvalue weighted by Gasteiger charge is -2.40. The minimum atomic E-state index is -1.58. The van der Waals surface area contributed by atoms with Gasteiger partial charge in [-0.1, -0.05) is 253 Å². The molecule has 9 nitrogen and oxygen atoms in total. The number of hydrogen-bond acceptors (Lipinski definition) is 8. The molecule has 1 aliphatic heterocycles. The lowest BCUT2D eigenvalue weighted by atomic mass is 9.99. The van der Waals surface area contributed by atoms with E-state index in [1.165, 1.54) is 154 Å². The van der Waals surface area contributed by atoms with E-state index in [2.05, 4.69) is 92.1 Å². The molecule has 6 N–H and O–H groups in total. The first-order chi connectivity index (χ1) is 35.8. The quantitative estimate of drug-likeness (QED) is 0.0261. The van der Waals surface area contributed by atoms with Crippen molar-refractivity contribution in [1.29, 1.82) is 0 Å². The van der Waals surface area contributed by atoms with E-state index in [9.17, 15) is 30.3 Å². The third-order valence-electron chi connectivity index (χ3n) is 13.9. The summed E-state index contributed by atoms with van der Waals surface area (Å²) in [6.45, 7) is 3.65. The molecule has 0 aromatic rings. The van der Waals surface area contributed by atoms with E-state index in [1.807, 2.05) is 6.08 Å². The van der Waals surface area contributed by atoms with Crippen molar-refractivity contribution in [3.05, 3.63) is 85.1 Å². The van der Waals surface area contributed by atoms with Crippen molar-refractivity contribution >= 4 is 5.91 Å². The Labute approximate surface area is 448 Å². The van der Waals surface area contributed by atoms with Gasteiger partial charge >= 0.3 is 0 Å². The van der Waals surface area contributed by atoms with Crippen LogP contribution in [0, 0.1) is 0 Å². The first-order valence-corrected chi connectivity index (χ1v) is 30.3. The molecule has 0 aliphatic carbocycles. The molecule has 1 heterocycles. The summed E-state index contributed by atoms with van der Waals surface area (Å²) in [5.41, 5.74) is 0. The minimum absolute atomic E-state index is 0.201. The normalized spacial score (nSPS) is 19.7. The monoisotopic (exact) mass is 1020 g/mol. The summed E-state index contributed by atoms with van der Waals surface area (Å²) >= 11 is 0. The molecule has 0 spiro atoms. The highest BCUT2D eigenvalue weighted by molar-refractivity contribution is 5.76. The van der Waals surface area contributed by atoms with Crippen LogP contribution in [-0.2, 0) is 14.3 Å². The predicted molar refractivity (Wildman–Crippen MR) is 308 cm³/mol. The second-order valence-corrected chi connectivity index (χ2v) is 20.7. The molecule has 1 fully saturated rings. The van der Waals surface area contributed by atoms with Crippen molar-refractivity contribution in [3.8, 4) is 0 Å². The molecular weight excluding hydrogens is 911 g/mol. The van der Waals surface area contributed by atoms with Crippen LogP contribution in [0.4, 0.5) is 0 Å². The number of hydrogen-bond donors (Lipinski definition) is 6. The van der Waals surface area contributed by atoms with Gasteiger partial charge in [-0.05, 0) is 83.5 Å². The van der Waals surface area contributed by atoms with Gasteiger partial charge in [0.05, 0.1) is 25.4 Å². The molecule has 0 saturated carbocycles. The Morgan fingerprint density at radius 1 is 0.479 bits per heavy atom. The number of ether oxygens (including phenoxy) is 2. The van der Waals surface area contributed by atoms with Crippen LogP contribution in [0.3, 0.4) is 0 Å². The van der Waals surface area contributed by atoms with Crippen LogP contribution in [0.25, 0.3) is 0 Å². The molecule has 0 radical (unpaired) electrons. The zero-order chi connectivity index (χ0) is 52.9. The molecule has 1 rings (SSSR count). The highest BCUT2D eigenvalue weighted by atomic mass is 16.7. The van der Waals surface area contributed by atoms with Gasteiger partial charge in [0.1, 0.15) is 24.4 Å². The summed E-state index contributed by atoms with van der Waals surface area (Å²) in [7, 11) is 0. The van der Waals surface area contributed by atoms with Gasteiger partial charge in [-0.3, -0.25) is 4.79 Å². The van der Waals surface area contributed by atoms with Crippen molar-refractivity contribution in [2.24, 2.45) is 0 Å². The summed E-state index contributed by atoms with van der Waals surface area (Å²) in [6.07, 6.45) is 68.0. The van der Waals surface area contributed by atoms with Crippen LogP contribution < -0.4 is 5.32 Å². The maximum Gasteiger partial charge on any atom is 0.220 e. The summed E-state index contributed by atoms with van der Waals surface area (Å²) in [5, 5.41) is 54.5. The third kappa shape index (κ3) is 42.2. The molecule has 9 heteroatoms.